The van der Waals surface area contributed by atoms with Crippen molar-refractivity contribution in [2.24, 2.45) is 0 Å². The summed E-state index contributed by atoms with van der Waals surface area (Å²) in [6.45, 7) is -0.176. The molecule has 2 aliphatic heterocycles. The van der Waals surface area contributed by atoms with Crippen LogP contribution < -0.4 is 15.0 Å². The number of benzene rings is 1. The predicted molar refractivity (Wildman–Crippen MR) is 83.3 cm³/mol. The number of nitrogens with zero attached hydrogens (tertiary/aromatic N) is 1. The maximum absolute atomic E-state index is 12.3. The number of carbonyl (C=O) groups excluding carboxylic acids is 3. The van der Waals surface area contributed by atoms with Gasteiger partial charge in [0.25, 0.3) is 5.91 Å². The highest BCUT2D eigenvalue weighted by Gasteiger charge is 2.41. The van der Waals surface area contributed by atoms with E-state index in [1.165, 1.54) is 11.2 Å². The number of imide groups is 1. The van der Waals surface area contributed by atoms with Gasteiger partial charge in [-0.1, -0.05) is 30.3 Å². The van der Waals surface area contributed by atoms with Crippen LogP contribution in [0.4, 0.5) is 5.88 Å². The van der Waals surface area contributed by atoms with E-state index in [1.54, 1.807) is 0 Å². The largest absolute Gasteiger partial charge is 0.477 e. The predicted octanol–water partition coefficient (Wildman–Crippen LogP) is 1.48. The first-order valence-corrected chi connectivity index (χ1v) is 7.60. The van der Waals surface area contributed by atoms with Gasteiger partial charge < -0.3 is 9.15 Å². The number of amides is 3. The molecule has 1 atom stereocenters. The van der Waals surface area contributed by atoms with Crippen LogP contribution >= 0.6 is 0 Å². The molecular formula is C17H14N2O5. The molecule has 3 amide bonds. The van der Waals surface area contributed by atoms with Gasteiger partial charge in [-0.05, 0) is 12.0 Å². The highest BCUT2D eigenvalue weighted by molar-refractivity contribution is 6.08. The fourth-order valence-corrected chi connectivity index (χ4v) is 3.02. The Kier molecular flexibility index (Phi) is 3.34. The van der Waals surface area contributed by atoms with E-state index in [0.717, 1.165) is 11.1 Å². The van der Waals surface area contributed by atoms with Gasteiger partial charge >= 0.3 is 0 Å². The average molecular weight is 326 g/mol. The average Bonchev–Trinajstić information content (AvgIpc) is 3.00. The molecule has 1 aromatic heterocycles. The lowest BCUT2D eigenvalue weighted by Crippen LogP contribution is -2.56. The first-order valence-electron chi connectivity index (χ1n) is 7.60. The molecule has 0 saturated carbocycles. The maximum Gasteiger partial charge on any atom is 0.268 e. The lowest BCUT2D eigenvalue weighted by molar-refractivity contribution is -0.136. The molecular weight excluding hydrogens is 312 g/mol. The van der Waals surface area contributed by atoms with Gasteiger partial charge in [0, 0.05) is 6.42 Å². The minimum atomic E-state index is -0.771. The Morgan fingerprint density at radius 2 is 1.92 bits per heavy atom. The lowest BCUT2D eigenvalue weighted by atomic mass is 10.0. The van der Waals surface area contributed by atoms with Gasteiger partial charge in [0.05, 0.1) is 5.56 Å². The summed E-state index contributed by atoms with van der Waals surface area (Å²) in [7, 11) is 0. The second-order valence-corrected chi connectivity index (χ2v) is 5.67. The van der Waals surface area contributed by atoms with Crippen molar-refractivity contribution in [3.05, 3.63) is 36.6 Å². The smallest absolute Gasteiger partial charge is 0.268 e. The zero-order valence-corrected chi connectivity index (χ0v) is 12.7. The molecule has 24 heavy (non-hydrogen) atoms. The van der Waals surface area contributed by atoms with Gasteiger partial charge in [-0.2, -0.15) is 0 Å². The number of piperidine rings is 1. The molecule has 2 aromatic rings. The fourth-order valence-electron chi connectivity index (χ4n) is 3.02. The van der Waals surface area contributed by atoms with Crippen LogP contribution in [0.3, 0.4) is 0 Å². The Labute approximate surface area is 137 Å². The van der Waals surface area contributed by atoms with E-state index in [4.69, 9.17) is 9.15 Å². The summed E-state index contributed by atoms with van der Waals surface area (Å²) in [4.78, 5) is 37.1. The van der Waals surface area contributed by atoms with E-state index in [9.17, 15) is 14.4 Å². The Morgan fingerprint density at radius 1 is 1.12 bits per heavy atom. The topological polar surface area (TPSA) is 88.8 Å². The molecule has 1 aromatic carbocycles. The van der Waals surface area contributed by atoms with Crippen molar-refractivity contribution in [3.63, 3.8) is 0 Å². The van der Waals surface area contributed by atoms with E-state index in [2.05, 4.69) is 5.32 Å². The van der Waals surface area contributed by atoms with Gasteiger partial charge in [0.2, 0.25) is 17.7 Å². The molecule has 7 heteroatoms. The number of anilines is 1. The highest BCUT2D eigenvalue weighted by atomic mass is 16.5. The van der Waals surface area contributed by atoms with Crippen LogP contribution in [-0.4, -0.2) is 30.4 Å². The van der Waals surface area contributed by atoms with Gasteiger partial charge in [0.15, 0.2) is 12.4 Å². The van der Waals surface area contributed by atoms with Crippen molar-refractivity contribution in [2.75, 3.05) is 11.5 Å². The number of nitrogens with one attached hydrogen (secondary N) is 1. The molecule has 0 spiro atoms. The normalized spacial score (nSPS) is 20.4. The summed E-state index contributed by atoms with van der Waals surface area (Å²) in [6, 6.07) is 8.72. The Morgan fingerprint density at radius 3 is 2.67 bits per heavy atom. The van der Waals surface area contributed by atoms with Crippen molar-refractivity contribution in [2.45, 2.75) is 18.9 Å². The van der Waals surface area contributed by atoms with E-state index in [1.807, 2.05) is 30.3 Å². The quantitative estimate of drug-likeness (QED) is 0.844. The standard InChI is InChI=1S/C17H14N2O5/c20-13-7-6-12(16(22)18-13)19-14(21)9-23-15-11(8-24-17(15)19)10-4-2-1-3-5-10/h1-5,8,12H,6-7,9H2,(H,18,20,22). The molecule has 7 nitrogen and oxygen atoms in total. The monoisotopic (exact) mass is 326 g/mol. The molecule has 122 valence electrons. The van der Waals surface area contributed by atoms with Gasteiger partial charge in [-0.15, -0.1) is 0 Å². The van der Waals surface area contributed by atoms with Gasteiger partial charge in [-0.25, -0.2) is 0 Å². The first-order chi connectivity index (χ1) is 11.6. The molecule has 2 aliphatic rings. The summed E-state index contributed by atoms with van der Waals surface area (Å²) in [5, 5.41) is 2.26. The summed E-state index contributed by atoms with van der Waals surface area (Å²) in [5.41, 5.74) is 1.61. The van der Waals surface area contributed by atoms with Crippen LogP contribution in [0, 0.1) is 0 Å². The Hall–Kier alpha value is -3.09. The molecule has 4 rings (SSSR count). The zero-order valence-electron chi connectivity index (χ0n) is 12.7. The third-order valence-electron chi connectivity index (χ3n) is 4.16. The van der Waals surface area contributed by atoms with Crippen molar-refractivity contribution in [3.8, 4) is 16.9 Å². The van der Waals surface area contributed by atoms with Crippen molar-refractivity contribution in [1.82, 2.24) is 5.32 Å². The second kappa shape index (κ2) is 5.52. The number of carbonyl (C=O) groups is 3. The van der Waals surface area contributed by atoms with E-state index < -0.39 is 11.9 Å². The van der Waals surface area contributed by atoms with Gasteiger partial charge in [0.1, 0.15) is 12.3 Å². The summed E-state index contributed by atoms with van der Waals surface area (Å²) in [6.07, 6.45) is 1.96. The van der Waals surface area contributed by atoms with Crippen LogP contribution in [0.15, 0.2) is 41.0 Å². The van der Waals surface area contributed by atoms with Crippen molar-refractivity contribution in [1.29, 1.82) is 0 Å². The van der Waals surface area contributed by atoms with Crippen LogP contribution in [-0.2, 0) is 14.4 Å². The van der Waals surface area contributed by atoms with Gasteiger partial charge in [-0.3, -0.25) is 24.6 Å². The third-order valence-corrected chi connectivity index (χ3v) is 4.16. The van der Waals surface area contributed by atoms with E-state index in [-0.39, 0.29) is 37.1 Å². The summed E-state index contributed by atoms with van der Waals surface area (Å²) < 4.78 is 11.1. The molecule has 1 unspecified atom stereocenters. The molecule has 1 N–H and O–H groups in total. The van der Waals surface area contributed by atoms with E-state index in [0.29, 0.717) is 5.75 Å². The molecule has 0 radical (unpaired) electrons. The van der Waals surface area contributed by atoms with E-state index >= 15 is 0 Å². The summed E-state index contributed by atoms with van der Waals surface area (Å²) in [5.74, 6) is -0.553. The Bertz CT molecular complexity index is 827. The third kappa shape index (κ3) is 2.25. The number of rotatable bonds is 2. The molecule has 3 heterocycles. The van der Waals surface area contributed by atoms with Crippen LogP contribution in [0.1, 0.15) is 12.8 Å². The number of fused-ring (bicyclic) bond motifs is 1. The zero-order chi connectivity index (χ0) is 16.7. The number of hydrogen-bond donors (Lipinski definition) is 1. The van der Waals surface area contributed by atoms with Crippen LogP contribution in [0.5, 0.6) is 5.75 Å². The first kappa shape index (κ1) is 14.5. The van der Waals surface area contributed by atoms with Crippen LogP contribution in [0.2, 0.25) is 0 Å². The van der Waals surface area contributed by atoms with Crippen LogP contribution in [0.25, 0.3) is 11.1 Å². The maximum atomic E-state index is 12.3. The highest BCUT2D eigenvalue weighted by Crippen LogP contribution is 2.44. The minimum Gasteiger partial charge on any atom is -0.477 e. The molecule has 1 saturated heterocycles. The Balaban J connectivity index is 1.74. The molecule has 0 bridgehead atoms. The summed E-state index contributed by atoms with van der Waals surface area (Å²) >= 11 is 0. The molecule has 0 aliphatic carbocycles. The van der Waals surface area contributed by atoms with Crippen molar-refractivity contribution >= 4 is 23.6 Å². The number of ether oxygens (including phenoxy) is 1. The number of hydrogen-bond acceptors (Lipinski definition) is 5. The molecule has 1 fully saturated rings. The fraction of sp³-hybridized carbons (Fsp3) is 0.235. The minimum absolute atomic E-state index is 0.176. The SMILES string of the molecule is O=C1CCC(N2C(=O)COc3c(-c4ccccc4)coc32)C(=O)N1. The second-order valence-electron chi connectivity index (χ2n) is 5.67. The lowest BCUT2D eigenvalue weighted by Gasteiger charge is -2.33. The number of furan rings is 1. The van der Waals surface area contributed by atoms with Crippen molar-refractivity contribution < 1.29 is 23.5 Å².